The first-order valence-electron chi connectivity index (χ1n) is 3.99. The van der Waals surface area contributed by atoms with E-state index in [-0.39, 0.29) is 6.29 Å². The Kier molecular flexibility index (Phi) is 4.40. The molecule has 68 valence electrons. The Labute approximate surface area is 81.4 Å². The van der Waals surface area contributed by atoms with Crippen LogP contribution in [0.1, 0.15) is 6.92 Å². The van der Waals surface area contributed by atoms with Crippen LogP contribution in [0.15, 0.2) is 24.5 Å². The number of ether oxygens (including phenoxy) is 2. The lowest BCUT2D eigenvalue weighted by molar-refractivity contribution is -0.0818. The van der Waals surface area contributed by atoms with Crippen LogP contribution in [0.4, 0.5) is 0 Å². The van der Waals surface area contributed by atoms with Crippen LogP contribution in [0.25, 0.3) is 0 Å². The molecule has 1 unspecified atom stereocenters. The van der Waals surface area contributed by atoms with E-state index in [1.54, 1.807) is 6.26 Å². The van der Waals surface area contributed by atoms with Crippen molar-refractivity contribution in [3.63, 3.8) is 0 Å². The number of hydrogen-bond acceptors (Lipinski definition) is 2. The summed E-state index contributed by atoms with van der Waals surface area (Å²) in [4.78, 5) is 0. The molecule has 0 bridgehead atoms. The van der Waals surface area contributed by atoms with Crippen LogP contribution < -0.4 is 0 Å². The van der Waals surface area contributed by atoms with E-state index in [1.165, 1.54) is 0 Å². The smallest absolute Gasteiger partial charge is 0.219 e. The maximum absolute atomic E-state index is 5.45. The molecule has 0 amide bonds. The summed E-state index contributed by atoms with van der Waals surface area (Å²) in [5, 5.41) is 0.958. The average Bonchev–Trinajstić information content (AvgIpc) is 2.16. The SMILES string of the molecule is CC(CBr)CO[C@H]1C=CC=CO1. The highest BCUT2D eigenvalue weighted by molar-refractivity contribution is 9.09. The van der Waals surface area contributed by atoms with Crippen molar-refractivity contribution in [3.05, 3.63) is 24.5 Å². The third kappa shape index (κ3) is 3.41. The van der Waals surface area contributed by atoms with Gasteiger partial charge in [0.1, 0.15) is 0 Å². The second-order valence-electron chi connectivity index (χ2n) is 2.81. The standard InChI is InChI=1S/C9H13BrO2/c1-8(6-10)7-12-9-4-2-3-5-11-9/h2-5,8-9H,6-7H2,1H3/t8?,9-/m0/s1. The van der Waals surface area contributed by atoms with Crippen LogP contribution in [0.2, 0.25) is 0 Å². The van der Waals surface area contributed by atoms with Gasteiger partial charge in [-0.3, -0.25) is 0 Å². The maximum Gasteiger partial charge on any atom is 0.219 e. The maximum atomic E-state index is 5.45. The Morgan fingerprint density at radius 3 is 3.00 bits per heavy atom. The molecule has 0 radical (unpaired) electrons. The largest absolute Gasteiger partial charge is 0.469 e. The summed E-state index contributed by atoms with van der Waals surface area (Å²) in [5.41, 5.74) is 0. The fraction of sp³-hybridized carbons (Fsp3) is 0.556. The molecule has 0 N–H and O–H groups in total. The van der Waals surface area contributed by atoms with E-state index < -0.39 is 0 Å². The Bertz CT molecular complexity index is 177. The molecule has 2 atom stereocenters. The molecule has 1 rings (SSSR count). The second kappa shape index (κ2) is 5.38. The predicted octanol–water partition coefficient (Wildman–Crippen LogP) is 2.46. The molecule has 0 fully saturated rings. The number of halogens is 1. The zero-order chi connectivity index (χ0) is 8.81. The topological polar surface area (TPSA) is 18.5 Å². The Morgan fingerprint density at radius 1 is 1.58 bits per heavy atom. The molecule has 12 heavy (non-hydrogen) atoms. The summed E-state index contributed by atoms with van der Waals surface area (Å²) < 4.78 is 10.6. The summed E-state index contributed by atoms with van der Waals surface area (Å²) in [6.07, 6.45) is 7.10. The van der Waals surface area contributed by atoms with Gasteiger partial charge in [-0.1, -0.05) is 28.9 Å². The fourth-order valence-corrected chi connectivity index (χ4v) is 0.954. The summed E-state index contributed by atoms with van der Waals surface area (Å²) in [5.74, 6) is 0.521. The van der Waals surface area contributed by atoms with E-state index in [9.17, 15) is 0 Å². The molecular weight excluding hydrogens is 220 g/mol. The van der Waals surface area contributed by atoms with Crippen molar-refractivity contribution in [2.45, 2.75) is 13.2 Å². The van der Waals surface area contributed by atoms with Gasteiger partial charge >= 0.3 is 0 Å². The van der Waals surface area contributed by atoms with Gasteiger partial charge in [-0.05, 0) is 18.1 Å². The first kappa shape index (κ1) is 9.81. The van der Waals surface area contributed by atoms with Gasteiger partial charge in [0.25, 0.3) is 0 Å². The Morgan fingerprint density at radius 2 is 2.42 bits per heavy atom. The molecular formula is C9H13BrO2. The highest BCUT2D eigenvalue weighted by Crippen LogP contribution is 2.07. The van der Waals surface area contributed by atoms with E-state index in [2.05, 4.69) is 22.9 Å². The molecule has 0 aromatic heterocycles. The molecule has 0 spiro atoms. The minimum Gasteiger partial charge on any atom is -0.469 e. The lowest BCUT2D eigenvalue weighted by atomic mass is 10.2. The van der Waals surface area contributed by atoms with E-state index in [0.29, 0.717) is 12.5 Å². The lowest BCUT2D eigenvalue weighted by Gasteiger charge is -2.17. The minimum absolute atomic E-state index is 0.198. The van der Waals surface area contributed by atoms with Crippen molar-refractivity contribution in [1.29, 1.82) is 0 Å². The van der Waals surface area contributed by atoms with Crippen LogP contribution >= 0.6 is 15.9 Å². The van der Waals surface area contributed by atoms with Gasteiger partial charge in [0.15, 0.2) is 0 Å². The Hall–Kier alpha value is -0.280. The van der Waals surface area contributed by atoms with Gasteiger partial charge in [-0.15, -0.1) is 0 Å². The fourth-order valence-electron chi connectivity index (χ4n) is 0.767. The first-order valence-corrected chi connectivity index (χ1v) is 5.11. The normalized spacial score (nSPS) is 23.7. The molecule has 3 heteroatoms. The van der Waals surface area contributed by atoms with Gasteiger partial charge in [0.05, 0.1) is 12.9 Å². The van der Waals surface area contributed by atoms with Crippen LogP contribution in [-0.2, 0) is 9.47 Å². The highest BCUT2D eigenvalue weighted by atomic mass is 79.9. The van der Waals surface area contributed by atoms with Gasteiger partial charge in [0, 0.05) is 5.33 Å². The van der Waals surface area contributed by atoms with Crippen molar-refractivity contribution in [2.75, 3.05) is 11.9 Å². The molecule has 2 nitrogen and oxygen atoms in total. The van der Waals surface area contributed by atoms with Crippen molar-refractivity contribution < 1.29 is 9.47 Å². The lowest BCUT2D eigenvalue weighted by Crippen LogP contribution is -2.18. The van der Waals surface area contributed by atoms with E-state index in [4.69, 9.17) is 9.47 Å². The predicted molar refractivity (Wildman–Crippen MR) is 52.1 cm³/mol. The van der Waals surface area contributed by atoms with Crippen LogP contribution in [0.3, 0.4) is 0 Å². The summed E-state index contributed by atoms with van der Waals surface area (Å²) in [6.45, 7) is 2.84. The van der Waals surface area contributed by atoms with E-state index in [1.807, 2.05) is 18.2 Å². The number of hydrogen-bond donors (Lipinski definition) is 0. The highest BCUT2D eigenvalue weighted by Gasteiger charge is 2.07. The summed E-state index contributed by atoms with van der Waals surface area (Å²) >= 11 is 3.39. The summed E-state index contributed by atoms with van der Waals surface area (Å²) in [6, 6.07) is 0. The minimum atomic E-state index is -0.198. The number of allylic oxidation sites excluding steroid dienone is 2. The molecule has 0 saturated heterocycles. The van der Waals surface area contributed by atoms with Gasteiger partial charge < -0.3 is 9.47 Å². The monoisotopic (exact) mass is 232 g/mol. The van der Waals surface area contributed by atoms with Gasteiger partial charge in [0.2, 0.25) is 6.29 Å². The van der Waals surface area contributed by atoms with E-state index in [0.717, 1.165) is 5.33 Å². The van der Waals surface area contributed by atoms with E-state index >= 15 is 0 Å². The number of rotatable bonds is 4. The van der Waals surface area contributed by atoms with Gasteiger partial charge in [-0.25, -0.2) is 0 Å². The van der Waals surface area contributed by atoms with Crippen molar-refractivity contribution in [2.24, 2.45) is 5.92 Å². The third-order valence-corrected chi connectivity index (χ3v) is 2.58. The second-order valence-corrected chi connectivity index (χ2v) is 3.46. The molecule has 1 aliphatic rings. The van der Waals surface area contributed by atoms with Crippen molar-refractivity contribution >= 4 is 15.9 Å². The molecule has 1 aliphatic heterocycles. The number of alkyl halides is 1. The zero-order valence-electron chi connectivity index (χ0n) is 7.07. The van der Waals surface area contributed by atoms with Crippen molar-refractivity contribution in [3.8, 4) is 0 Å². The third-order valence-electron chi connectivity index (χ3n) is 1.48. The quantitative estimate of drug-likeness (QED) is 0.694. The molecule has 0 aromatic rings. The van der Waals surface area contributed by atoms with Crippen LogP contribution in [-0.4, -0.2) is 18.2 Å². The van der Waals surface area contributed by atoms with Gasteiger partial charge in [-0.2, -0.15) is 0 Å². The Balaban J connectivity index is 2.15. The van der Waals surface area contributed by atoms with Crippen LogP contribution in [0.5, 0.6) is 0 Å². The molecule has 0 aromatic carbocycles. The zero-order valence-corrected chi connectivity index (χ0v) is 8.66. The first-order chi connectivity index (χ1) is 5.83. The van der Waals surface area contributed by atoms with Crippen LogP contribution in [0, 0.1) is 5.92 Å². The molecule has 0 aliphatic carbocycles. The van der Waals surface area contributed by atoms with Crippen molar-refractivity contribution in [1.82, 2.24) is 0 Å². The molecule has 0 saturated carbocycles. The average molecular weight is 233 g/mol. The molecule has 1 heterocycles. The summed E-state index contributed by atoms with van der Waals surface area (Å²) in [7, 11) is 0.